The van der Waals surface area contributed by atoms with Crippen LogP contribution >= 0.6 is 12.2 Å². The molecule has 0 aliphatic rings. The van der Waals surface area contributed by atoms with E-state index in [9.17, 15) is 4.79 Å². The Balaban J connectivity index is 1.43. The Morgan fingerprint density at radius 2 is 1.67 bits per heavy atom. The molecule has 0 atom stereocenters. The first-order chi connectivity index (χ1) is 17.5. The van der Waals surface area contributed by atoms with Crippen molar-refractivity contribution in [2.45, 2.75) is 46.5 Å². The third-order valence-corrected chi connectivity index (χ3v) is 5.98. The molecule has 1 aromatic heterocycles. The highest BCUT2D eigenvalue weighted by atomic mass is 32.1. The van der Waals surface area contributed by atoms with Crippen LogP contribution in [-0.2, 0) is 6.42 Å². The molecule has 0 fully saturated rings. The summed E-state index contributed by atoms with van der Waals surface area (Å²) >= 11 is 5.39. The number of aryl methyl sites for hydroxylation is 2. The van der Waals surface area contributed by atoms with Crippen molar-refractivity contribution in [3.05, 3.63) is 77.4 Å². The van der Waals surface area contributed by atoms with Crippen LogP contribution in [0.2, 0.25) is 0 Å². The number of thiocarbonyl (C=S) groups is 1. The fourth-order valence-electron chi connectivity index (χ4n) is 3.75. The average Bonchev–Trinajstić information content (AvgIpc) is 3.29. The summed E-state index contributed by atoms with van der Waals surface area (Å²) in [5, 5.41) is 15.3. The van der Waals surface area contributed by atoms with Crippen molar-refractivity contribution in [2.75, 3.05) is 11.9 Å². The van der Waals surface area contributed by atoms with Gasteiger partial charge in [0, 0.05) is 11.3 Å². The molecule has 3 aromatic carbocycles. The second kappa shape index (κ2) is 11.8. The van der Waals surface area contributed by atoms with Crippen molar-refractivity contribution in [1.29, 1.82) is 0 Å². The fourth-order valence-corrected chi connectivity index (χ4v) is 3.95. The van der Waals surface area contributed by atoms with E-state index in [0.29, 0.717) is 12.2 Å². The van der Waals surface area contributed by atoms with E-state index in [1.165, 1.54) is 18.4 Å². The third kappa shape index (κ3) is 6.26. The first-order valence-electron chi connectivity index (χ1n) is 12.3. The number of nitrogens with zero attached hydrogens (tertiary/aromatic N) is 3. The van der Waals surface area contributed by atoms with Gasteiger partial charge in [0.15, 0.2) is 5.11 Å². The van der Waals surface area contributed by atoms with Crippen LogP contribution in [0.3, 0.4) is 0 Å². The van der Waals surface area contributed by atoms with Crippen molar-refractivity contribution in [3.63, 3.8) is 0 Å². The van der Waals surface area contributed by atoms with Gasteiger partial charge >= 0.3 is 0 Å². The quantitative estimate of drug-likeness (QED) is 0.274. The second-order valence-electron chi connectivity index (χ2n) is 8.70. The summed E-state index contributed by atoms with van der Waals surface area (Å²) < 4.78 is 5.56. The monoisotopic (exact) mass is 501 g/mol. The zero-order valence-electron chi connectivity index (χ0n) is 20.9. The molecule has 0 aliphatic carbocycles. The topological polar surface area (TPSA) is 81.1 Å². The number of amides is 1. The van der Waals surface area contributed by atoms with Crippen LogP contribution in [0.15, 0.2) is 60.7 Å². The van der Waals surface area contributed by atoms with Crippen molar-refractivity contribution < 1.29 is 9.53 Å². The van der Waals surface area contributed by atoms with Crippen molar-refractivity contribution in [2.24, 2.45) is 0 Å². The Kier molecular flexibility index (Phi) is 8.28. The first-order valence-corrected chi connectivity index (χ1v) is 12.7. The van der Waals surface area contributed by atoms with Gasteiger partial charge < -0.3 is 10.1 Å². The molecule has 1 amide bonds. The summed E-state index contributed by atoms with van der Waals surface area (Å²) in [5.41, 5.74) is 5.95. The minimum Gasteiger partial charge on any atom is -0.494 e. The number of hydrogen-bond donors (Lipinski definition) is 2. The first kappa shape index (κ1) is 25.3. The number of rotatable bonds is 9. The van der Waals surface area contributed by atoms with Crippen molar-refractivity contribution >= 4 is 40.0 Å². The molecule has 2 N–H and O–H groups in total. The number of fused-ring (bicyclic) bond motifs is 1. The van der Waals surface area contributed by atoms with Gasteiger partial charge in [-0.1, -0.05) is 32.4 Å². The molecular formula is C28H31N5O2S. The molecule has 1 heterocycles. The lowest BCUT2D eigenvalue weighted by Crippen LogP contribution is -2.34. The van der Waals surface area contributed by atoms with Gasteiger partial charge in [-0.05, 0) is 98.1 Å². The average molecular weight is 502 g/mol. The van der Waals surface area contributed by atoms with Gasteiger partial charge in [0.1, 0.15) is 16.8 Å². The summed E-state index contributed by atoms with van der Waals surface area (Å²) in [6.07, 6.45) is 4.36. The minimum atomic E-state index is -0.290. The lowest BCUT2D eigenvalue weighted by atomic mass is 10.1. The number of ether oxygens (including phenoxy) is 1. The Labute approximate surface area is 216 Å². The van der Waals surface area contributed by atoms with Gasteiger partial charge in [-0.2, -0.15) is 4.80 Å². The van der Waals surface area contributed by atoms with E-state index in [2.05, 4.69) is 39.9 Å². The lowest BCUT2D eigenvalue weighted by Gasteiger charge is -2.12. The normalized spacial score (nSPS) is 10.9. The van der Waals surface area contributed by atoms with Gasteiger partial charge in [0.2, 0.25) is 0 Å². The van der Waals surface area contributed by atoms with E-state index >= 15 is 0 Å². The van der Waals surface area contributed by atoms with Gasteiger partial charge in [-0.25, -0.2) is 0 Å². The number of aromatic nitrogens is 3. The molecule has 0 spiro atoms. The summed E-state index contributed by atoms with van der Waals surface area (Å²) in [6, 6.07) is 19.2. The van der Waals surface area contributed by atoms with Crippen molar-refractivity contribution in [1.82, 2.24) is 20.3 Å². The molecule has 0 saturated carbocycles. The molecule has 36 heavy (non-hydrogen) atoms. The number of nitrogens with one attached hydrogen (secondary N) is 2. The fraction of sp³-hybridized carbons (Fsp3) is 0.286. The summed E-state index contributed by atoms with van der Waals surface area (Å²) in [5.74, 6) is 0.445. The van der Waals surface area contributed by atoms with Crippen LogP contribution in [0, 0.1) is 6.92 Å². The molecular weight excluding hydrogens is 470 g/mol. The molecule has 7 nitrogen and oxygen atoms in total. The highest BCUT2D eigenvalue weighted by Crippen LogP contribution is 2.22. The van der Waals surface area contributed by atoms with Gasteiger partial charge in [-0.3, -0.25) is 10.1 Å². The Bertz CT molecular complexity index is 1350. The Hall–Kier alpha value is -3.78. The zero-order chi connectivity index (χ0) is 25.5. The smallest absolute Gasteiger partial charge is 0.257 e. The van der Waals surface area contributed by atoms with E-state index in [-0.39, 0.29) is 11.0 Å². The number of anilines is 1. The van der Waals surface area contributed by atoms with Gasteiger partial charge in [0.25, 0.3) is 5.91 Å². The molecule has 186 valence electrons. The number of benzene rings is 3. The molecule has 0 radical (unpaired) electrons. The predicted molar refractivity (Wildman–Crippen MR) is 148 cm³/mol. The van der Waals surface area contributed by atoms with Crippen LogP contribution in [-0.4, -0.2) is 32.6 Å². The molecule has 8 heteroatoms. The van der Waals surface area contributed by atoms with E-state index in [1.54, 1.807) is 29.1 Å². The SMILES string of the molecule is CCCCc1ccc(-n2nc3cc(C)c(NC(=S)NC(=O)c4ccc(OCCC)cc4)cc3n2)cc1. The molecule has 0 saturated heterocycles. The predicted octanol–water partition coefficient (Wildman–Crippen LogP) is 5.99. The standard InChI is InChI=1S/C28H31N5O2S/c1-4-6-7-20-8-12-22(13-9-20)33-31-25-17-19(3)24(18-26(25)32-33)29-28(36)30-27(34)21-10-14-23(15-11-21)35-16-5-2/h8-15,17-18H,4-7,16H2,1-3H3,(H2,29,30,34,36). The highest BCUT2D eigenvalue weighted by molar-refractivity contribution is 7.80. The zero-order valence-corrected chi connectivity index (χ0v) is 21.7. The summed E-state index contributed by atoms with van der Waals surface area (Å²) in [6.45, 7) is 6.84. The third-order valence-electron chi connectivity index (χ3n) is 5.78. The van der Waals surface area contributed by atoms with Gasteiger partial charge in [0.05, 0.1) is 12.3 Å². The highest BCUT2D eigenvalue weighted by Gasteiger charge is 2.12. The van der Waals surface area contributed by atoms with Crippen LogP contribution in [0.1, 0.15) is 54.6 Å². The maximum atomic E-state index is 12.6. The maximum Gasteiger partial charge on any atom is 0.257 e. The summed E-state index contributed by atoms with van der Waals surface area (Å²) in [7, 11) is 0. The van der Waals surface area contributed by atoms with Crippen LogP contribution in [0.5, 0.6) is 5.75 Å². The summed E-state index contributed by atoms with van der Waals surface area (Å²) in [4.78, 5) is 14.2. The van der Waals surface area contributed by atoms with Gasteiger partial charge in [-0.15, -0.1) is 10.2 Å². The number of carbonyl (C=O) groups is 1. The Morgan fingerprint density at radius 1 is 0.972 bits per heavy atom. The minimum absolute atomic E-state index is 0.212. The van der Waals surface area contributed by atoms with Crippen LogP contribution < -0.4 is 15.4 Å². The van der Waals surface area contributed by atoms with E-state index in [4.69, 9.17) is 17.0 Å². The van der Waals surface area contributed by atoms with E-state index in [0.717, 1.165) is 46.6 Å². The lowest BCUT2D eigenvalue weighted by molar-refractivity contribution is 0.0977. The number of carbonyl (C=O) groups excluding carboxylic acids is 1. The van der Waals surface area contributed by atoms with Crippen LogP contribution in [0.25, 0.3) is 16.7 Å². The van der Waals surface area contributed by atoms with E-state index in [1.807, 2.05) is 38.1 Å². The second-order valence-corrected chi connectivity index (χ2v) is 9.10. The maximum absolute atomic E-state index is 12.6. The molecule has 0 bridgehead atoms. The van der Waals surface area contributed by atoms with Crippen molar-refractivity contribution in [3.8, 4) is 11.4 Å². The molecule has 0 aliphatic heterocycles. The number of unbranched alkanes of at least 4 members (excludes halogenated alkanes) is 1. The largest absolute Gasteiger partial charge is 0.494 e. The van der Waals surface area contributed by atoms with E-state index < -0.39 is 0 Å². The molecule has 0 unspecified atom stereocenters. The number of hydrogen-bond acceptors (Lipinski definition) is 5. The molecule has 4 rings (SSSR count). The Morgan fingerprint density at radius 3 is 2.33 bits per heavy atom. The molecule has 4 aromatic rings. The van der Waals surface area contributed by atoms with Crippen LogP contribution in [0.4, 0.5) is 5.69 Å².